The van der Waals surface area contributed by atoms with Gasteiger partial charge in [0.1, 0.15) is 0 Å². The van der Waals surface area contributed by atoms with Gasteiger partial charge in [0.25, 0.3) is 0 Å². The average Bonchev–Trinajstić information content (AvgIpc) is 2.66. The lowest BCUT2D eigenvalue weighted by atomic mass is 9.82. The monoisotopic (exact) mass is 270 g/mol. The Morgan fingerprint density at radius 2 is 1.90 bits per heavy atom. The predicted octanol–water partition coefficient (Wildman–Crippen LogP) is 3.45. The Bertz CT molecular complexity index is 633. The number of ketones is 1. The van der Waals surface area contributed by atoms with Crippen molar-refractivity contribution in [3.05, 3.63) is 52.8 Å². The fourth-order valence-electron chi connectivity index (χ4n) is 2.47. The summed E-state index contributed by atoms with van der Waals surface area (Å²) in [5, 5.41) is 4.29. The van der Waals surface area contributed by atoms with Gasteiger partial charge in [-0.3, -0.25) is 9.48 Å². The molecule has 0 atom stereocenters. The Balaban J connectivity index is 2.33. The molecule has 1 aromatic heterocycles. The molecule has 0 saturated carbocycles. The van der Waals surface area contributed by atoms with Gasteiger partial charge in [0.15, 0.2) is 5.78 Å². The third kappa shape index (κ3) is 2.98. The Labute approximate surface area is 120 Å². The molecule has 0 bridgehead atoms. The van der Waals surface area contributed by atoms with Crippen LogP contribution in [0.3, 0.4) is 0 Å². The minimum Gasteiger partial charge on any atom is -0.294 e. The first-order valence-electron chi connectivity index (χ1n) is 6.91. The molecule has 0 spiro atoms. The normalized spacial score (nSPS) is 11.7. The van der Waals surface area contributed by atoms with Gasteiger partial charge in [0, 0.05) is 18.3 Å². The number of benzene rings is 1. The maximum Gasteiger partial charge on any atom is 0.169 e. The van der Waals surface area contributed by atoms with Gasteiger partial charge < -0.3 is 0 Å². The lowest BCUT2D eigenvalue weighted by Crippen LogP contribution is -2.18. The summed E-state index contributed by atoms with van der Waals surface area (Å²) in [6, 6.07) is 9.86. The standard InChI is InChI=1S/C17H22N2O/c1-12-10-13(19(5)18-12)11-16(20)14-8-6-7-9-15(14)17(2,3)4/h6-10H,11H2,1-5H3. The zero-order valence-electron chi connectivity index (χ0n) is 12.9. The number of hydrogen-bond acceptors (Lipinski definition) is 2. The maximum atomic E-state index is 12.6. The van der Waals surface area contributed by atoms with Gasteiger partial charge in [-0.1, -0.05) is 45.0 Å². The van der Waals surface area contributed by atoms with Crippen LogP contribution in [0.25, 0.3) is 0 Å². The Kier molecular flexibility index (Phi) is 3.80. The highest BCUT2D eigenvalue weighted by atomic mass is 16.1. The van der Waals surface area contributed by atoms with Gasteiger partial charge in [0.05, 0.1) is 12.1 Å². The van der Waals surface area contributed by atoms with Gasteiger partial charge >= 0.3 is 0 Å². The third-order valence-corrected chi connectivity index (χ3v) is 3.48. The van der Waals surface area contributed by atoms with Gasteiger partial charge in [-0.15, -0.1) is 0 Å². The summed E-state index contributed by atoms with van der Waals surface area (Å²) in [6.07, 6.45) is 0.393. The van der Waals surface area contributed by atoms with E-state index in [2.05, 4.69) is 25.9 Å². The Morgan fingerprint density at radius 1 is 1.25 bits per heavy atom. The highest BCUT2D eigenvalue weighted by molar-refractivity contribution is 5.99. The number of Topliss-reactive ketones (excluding diaryl/α,β-unsaturated/α-hetero) is 1. The van der Waals surface area contributed by atoms with E-state index in [9.17, 15) is 4.79 Å². The molecule has 0 fully saturated rings. The number of aromatic nitrogens is 2. The number of nitrogens with zero attached hydrogens (tertiary/aromatic N) is 2. The number of rotatable bonds is 3. The van der Waals surface area contributed by atoms with Crippen LogP contribution in [-0.2, 0) is 18.9 Å². The lowest BCUT2D eigenvalue weighted by molar-refractivity contribution is 0.0988. The minimum atomic E-state index is -0.0331. The first kappa shape index (κ1) is 14.5. The van der Waals surface area contributed by atoms with Crippen LogP contribution in [0.15, 0.2) is 30.3 Å². The molecule has 0 amide bonds. The molecule has 106 valence electrons. The summed E-state index contributed by atoms with van der Waals surface area (Å²) in [5.41, 5.74) is 3.78. The molecule has 2 rings (SSSR count). The van der Waals surface area contributed by atoms with Crippen LogP contribution in [0.1, 0.15) is 48.1 Å². The van der Waals surface area contributed by atoms with Crippen molar-refractivity contribution in [2.24, 2.45) is 7.05 Å². The van der Waals surface area contributed by atoms with Crippen molar-refractivity contribution in [2.75, 3.05) is 0 Å². The molecule has 3 heteroatoms. The molecule has 1 heterocycles. The van der Waals surface area contributed by atoms with Crippen LogP contribution < -0.4 is 0 Å². The van der Waals surface area contributed by atoms with Gasteiger partial charge in [0.2, 0.25) is 0 Å². The average molecular weight is 270 g/mol. The Hall–Kier alpha value is -1.90. The highest BCUT2D eigenvalue weighted by Crippen LogP contribution is 2.26. The summed E-state index contributed by atoms with van der Waals surface area (Å²) in [5.74, 6) is 0.151. The molecule has 0 aliphatic rings. The van der Waals surface area contributed by atoms with E-state index in [1.807, 2.05) is 44.3 Å². The topological polar surface area (TPSA) is 34.9 Å². The van der Waals surface area contributed by atoms with E-state index in [-0.39, 0.29) is 11.2 Å². The SMILES string of the molecule is Cc1cc(CC(=O)c2ccccc2C(C)(C)C)n(C)n1. The Morgan fingerprint density at radius 3 is 2.45 bits per heavy atom. The molecule has 0 saturated heterocycles. The summed E-state index contributed by atoms with van der Waals surface area (Å²) in [4.78, 5) is 12.6. The van der Waals surface area contributed by atoms with E-state index in [1.54, 1.807) is 4.68 Å². The molecule has 1 aromatic carbocycles. The fraction of sp³-hybridized carbons (Fsp3) is 0.412. The van der Waals surface area contributed by atoms with E-state index in [0.717, 1.165) is 22.5 Å². The molecule has 0 aliphatic heterocycles. The molecule has 3 nitrogen and oxygen atoms in total. The van der Waals surface area contributed by atoms with E-state index in [0.29, 0.717) is 6.42 Å². The van der Waals surface area contributed by atoms with Crippen LogP contribution >= 0.6 is 0 Å². The van der Waals surface area contributed by atoms with Crippen molar-refractivity contribution in [3.8, 4) is 0 Å². The molecule has 0 radical (unpaired) electrons. The van der Waals surface area contributed by atoms with Crippen LogP contribution in [0.5, 0.6) is 0 Å². The highest BCUT2D eigenvalue weighted by Gasteiger charge is 2.21. The van der Waals surface area contributed by atoms with Crippen molar-refractivity contribution in [3.63, 3.8) is 0 Å². The summed E-state index contributed by atoms with van der Waals surface area (Å²) in [7, 11) is 1.88. The third-order valence-electron chi connectivity index (χ3n) is 3.48. The zero-order chi connectivity index (χ0) is 14.9. The van der Waals surface area contributed by atoms with Crippen molar-refractivity contribution < 1.29 is 4.79 Å². The van der Waals surface area contributed by atoms with E-state index in [1.165, 1.54) is 0 Å². The van der Waals surface area contributed by atoms with Crippen molar-refractivity contribution in [1.29, 1.82) is 0 Å². The van der Waals surface area contributed by atoms with Crippen LogP contribution in [0.4, 0.5) is 0 Å². The lowest BCUT2D eigenvalue weighted by Gasteiger charge is -2.22. The first-order valence-corrected chi connectivity index (χ1v) is 6.91. The van der Waals surface area contributed by atoms with Crippen molar-refractivity contribution in [1.82, 2.24) is 9.78 Å². The molecule has 20 heavy (non-hydrogen) atoms. The second-order valence-corrected chi connectivity index (χ2v) is 6.30. The summed E-state index contributed by atoms with van der Waals surface area (Å²) < 4.78 is 1.78. The van der Waals surface area contributed by atoms with Crippen LogP contribution in [-0.4, -0.2) is 15.6 Å². The fourth-order valence-corrected chi connectivity index (χ4v) is 2.47. The second kappa shape index (κ2) is 5.23. The van der Waals surface area contributed by atoms with E-state index < -0.39 is 0 Å². The van der Waals surface area contributed by atoms with Gasteiger partial charge in [-0.2, -0.15) is 5.10 Å². The number of hydrogen-bond donors (Lipinski definition) is 0. The number of carbonyl (C=O) groups excluding carboxylic acids is 1. The second-order valence-electron chi connectivity index (χ2n) is 6.30. The predicted molar refractivity (Wildman–Crippen MR) is 81.1 cm³/mol. The smallest absolute Gasteiger partial charge is 0.169 e. The molecular formula is C17H22N2O. The maximum absolute atomic E-state index is 12.6. The minimum absolute atomic E-state index is 0.0331. The largest absolute Gasteiger partial charge is 0.294 e. The number of carbonyl (C=O) groups is 1. The van der Waals surface area contributed by atoms with Crippen molar-refractivity contribution in [2.45, 2.75) is 39.5 Å². The first-order chi connectivity index (χ1) is 9.29. The number of aryl methyl sites for hydroxylation is 2. The van der Waals surface area contributed by atoms with Crippen LogP contribution in [0.2, 0.25) is 0 Å². The zero-order valence-corrected chi connectivity index (χ0v) is 12.9. The van der Waals surface area contributed by atoms with Gasteiger partial charge in [-0.25, -0.2) is 0 Å². The molecular weight excluding hydrogens is 248 g/mol. The molecule has 0 N–H and O–H groups in total. The van der Waals surface area contributed by atoms with E-state index >= 15 is 0 Å². The molecule has 2 aromatic rings. The molecule has 0 unspecified atom stereocenters. The summed E-state index contributed by atoms with van der Waals surface area (Å²) in [6.45, 7) is 8.34. The molecule has 0 aliphatic carbocycles. The summed E-state index contributed by atoms with van der Waals surface area (Å²) >= 11 is 0. The van der Waals surface area contributed by atoms with E-state index in [4.69, 9.17) is 0 Å². The van der Waals surface area contributed by atoms with Crippen LogP contribution in [0, 0.1) is 6.92 Å². The van der Waals surface area contributed by atoms with Gasteiger partial charge in [-0.05, 0) is 24.0 Å². The van der Waals surface area contributed by atoms with Crippen molar-refractivity contribution >= 4 is 5.78 Å². The quantitative estimate of drug-likeness (QED) is 0.801.